The molecule has 0 unspecified atom stereocenters. The van der Waals surface area contributed by atoms with E-state index < -0.39 is 39.5 Å². The van der Waals surface area contributed by atoms with E-state index in [0.29, 0.717) is 12.1 Å². The highest BCUT2D eigenvalue weighted by Crippen LogP contribution is 2.21. The summed E-state index contributed by atoms with van der Waals surface area (Å²) in [4.78, 5) is 25.1. The lowest BCUT2D eigenvalue weighted by Crippen LogP contribution is -2.50. The molecule has 0 aliphatic carbocycles. The van der Waals surface area contributed by atoms with E-state index in [1.54, 1.807) is 51.1 Å². The minimum atomic E-state index is -3.77. The summed E-state index contributed by atoms with van der Waals surface area (Å²) in [6.07, 6.45) is 1.49. The highest BCUT2D eigenvalue weighted by molar-refractivity contribution is 7.92. The lowest BCUT2D eigenvalue weighted by atomic mass is 9.90. The summed E-state index contributed by atoms with van der Waals surface area (Å²) in [5.41, 5.74) is 8.07. The molecular formula is C20H33N3O5S. The average molecular weight is 428 g/mol. The monoisotopic (exact) mass is 427 g/mol. The lowest BCUT2D eigenvalue weighted by molar-refractivity contribution is -0.157. The number of nitrogens with zero attached hydrogens (tertiary/aromatic N) is 1. The molecule has 3 N–H and O–H groups in total. The van der Waals surface area contributed by atoms with Crippen LogP contribution >= 0.6 is 0 Å². The van der Waals surface area contributed by atoms with Gasteiger partial charge in [0.25, 0.3) is 0 Å². The number of esters is 1. The Morgan fingerprint density at radius 3 is 2.14 bits per heavy atom. The van der Waals surface area contributed by atoms with E-state index in [9.17, 15) is 18.0 Å². The van der Waals surface area contributed by atoms with Crippen LogP contribution in [-0.4, -0.2) is 38.2 Å². The van der Waals surface area contributed by atoms with Gasteiger partial charge >= 0.3 is 5.97 Å². The molecule has 1 aromatic rings. The van der Waals surface area contributed by atoms with Gasteiger partial charge in [0.15, 0.2) is 0 Å². The van der Waals surface area contributed by atoms with Crippen molar-refractivity contribution in [2.45, 2.75) is 59.1 Å². The molecule has 29 heavy (non-hydrogen) atoms. The van der Waals surface area contributed by atoms with Crippen molar-refractivity contribution < 1.29 is 22.7 Å². The highest BCUT2D eigenvalue weighted by atomic mass is 32.2. The predicted octanol–water partition coefficient (Wildman–Crippen LogP) is 2.21. The van der Waals surface area contributed by atoms with Crippen molar-refractivity contribution in [3.8, 4) is 0 Å². The number of hydrogen-bond acceptors (Lipinski definition) is 6. The molecule has 8 nitrogen and oxygen atoms in total. The highest BCUT2D eigenvalue weighted by Gasteiger charge is 2.31. The van der Waals surface area contributed by atoms with Crippen molar-refractivity contribution in [1.29, 1.82) is 0 Å². The van der Waals surface area contributed by atoms with Crippen LogP contribution in [0.4, 0.5) is 5.69 Å². The van der Waals surface area contributed by atoms with Gasteiger partial charge in [0.2, 0.25) is 15.9 Å². The lowest BCUT2D eigenvalue weighted by Gasteiger charge is -2.28. The van der Waals surface area contributed by atoms with Gasteiger partial charge in [-0.1, -0.05) is 32.0 Å². The molecule has 0 heterocycles. The van der Waals surface area contributed by atoms with E-state index >= 15 is 0 Å². The van der Waals surface area contributed by atoms with Crippen LogP contribution in [0.2, 0.25) is 0 Å². The molecule has 164 valence electrons. The normalized spacial score (nSPS) is 14.2. The molecule has 0 bridgehead atoms. The Labute approximate surface area is 173 Å². The zero-order valence-corrected chi connectivity index (χ0v) is 18.8. The molecule has 1 amide bonds. The Morgan fingerprint density at radius 1 is 1.14 bits per heavy atom. The Morgan fingerprint density at radius 2 is 1.69 bits per heavy atom. The Kier molecular flexibility index (Phi) is 8.65. The molecule has 0 aliphatic heterocycles. The molecular weight excluding hydrogens is 394 g/mol. The van der Waals surface area contributed by atoms with E-state index in [2.05, 4.69) is 5.43 Å². The van der Waals surface area contributed by atoms with Gasteiger partial charge in [0.05, 0.1) is 11.9 Å². The average Bonchev–Trinajstić information content (AvgIpc) is 2.56. The second-order valence-corrected chi connectivity index (χ2v) is 10.4. The fourth-order valence-corrected chi connectivity index (χ4v) is 3.51. The minimum absolute atomic E-state index is 0.0469. The zero-order chi connectivity index (χ0) is 22.4. The van der Waals surface area contributed by atoms with Crippen LogP contribution in [0, 0.1) is 11.8 Å². The summed E-state index contributed by atoms with van der Waals surface area (Å²) in [6.45, 7) is 9.08. The number of nitrogens with two attached hydrogens (primary N) is 1. The number of rotatable bonds is 9. The Bertz CT molecular complexity index is 788. The SMILES string of the molecule is CC(C)C[C@H](C[C@@H](N)C(=O)OC(C)(C)C)C(=O)NN(c1ccccc1)S(C)(=O)=O. The van der Waals surface area contributed by atoms with Gasteiger partial charge in [0, 0.05) is 5.92 Å². The number of amides is 1. The first-order chi connectivity index (χ1) is 13.2. The first kappa shape index (κ1) is 24.9. The van der Waals surface area contributed by atoms with Crippen LogP contribution < -0.4 is 15.6 Å². The number of para-hydroxylation sites is 1. The van der Waals surface area contributed by atoms with E-state index in [1.807, 2.05) is 13.8 Å². The Hall–Kier alpha value is -2.13. The first-order valence-corrected chi connectivity index (χ1v) is 11.4. The second-order valence-electron chi connectivity index (χ2n) is 8.54. The van der Waals surface area contributed by atoms with Gasteiger partial charge in [-0.2, -0.15) is 4.41 Å². The van der Waals surface area contributed by atoms with Crippen molar-refractivity contribution in [3.05, 3.63) is 30.3 Å². The smallest absolute Gasteiger partial charge is 0.323 e. The molecule has 0 saturated heterocycles. The number of carbonyl (C=O) groups excluding carboxylic acids is 2. The molecule has 0 aliphatic rings. The third-order valence-electron chi connectivity index (χ3n) is 3.91. The number of sulfonamides is 1. The van der Waals surface area contributed by atoms with Gasteiger partial charge in [-0.05, 0) is 51.7 Å². The van der Waals surface area contributed by atoms with E-state index in [4.69, 9.17) is 10.5 Å². The topological polar surface area (TPSA) is 119 Å². The summed E-state index contributed by atoms with van der Waals surface area (Å²) >= 11 is 0. The van der Waals surface area contributed by atoms with Gasteiger partial charge in [-0.3, -0.25) is 15.0 Å². The van der Waals surface area contributed by atoms with Crippen LogP contribution in [-0.2, 0) is 24.3 Å². The molecule has 1 aromatic carbocycles. The molecule has 2 atom stereocenters. The fraction of sp³-hybridized carbons (Fsp3) is 0.600. The van der Waals surface area contributed by atoms with Crippen LogP contribution in [0.5, 0.6) is 0 Å². The van der Waals surface area contributed by atoms with Gasteiger partial charge in [-0.25, -0.2) is 8.42 Å². The summed E-state index contributed by atoms with van der Waals surface area (Å²) in [7, 11) is -3.77. The third kappa shape index (κ3) is 8.82. The van der Waals surface area contributed by atoms with E-state index in [-0.39, 0.29) is 12.3 Å². The van der Waals surface area contributed by atoms with E-state index in [0.717, 1.165) is 10.7 Å². The largest absolute Gasteiger partial charge is 0.459 e. The molecule has 0 fully saturated rings. The van der Waals surface area contributed by atoms with Crippen molar-refractivity contribution in [3.63, 3.8) is 0 Å². The minimum Gasteiger partial charge on any atom is -0.459 e. The van der Waals surface area contributed by atoms with Gasteiger partial charge in [-0.15, -0.1) is 0 Å². The summed E-state index contributed by atoms with van der Waals surface area (Å²) in [6, 6.07) is 7.24. The number of carbonyl (C=O) groups is 2. The Balaban J connectivity index is 3.01. The number of hydrogen-bond donors (Lipinski definition) is 2. The molecule has 0 aromatic heterocycles. The number of anilines is 1. The van der Waals surface area contributed by atoms with Gasteiger partial charge in [0.1, 0.15) is 11.6 Å². The quantitative estimate of drug-likeness (QED) is 0.461. The van der Waals surface area contributed by atoms with Gasteiger partial charge < -0.3 is 10.5 Å². The first-order valence-electron chi connectivity index (χ1n) is 9.55. The summed E-state index contributed by atoms with van der Waals surface area (Å²) < 4.78 is 30.5. The maximum absolute atomic E-state index is 12.9. The van der Waals surface area contributed by atoms with Crippen LogP contribution in [0.3, 0.4) is 0 Å². The molecule has 0 radical (unpaired) electrons. The fourth-order valence-electron chi connectivity index (χ4n) is 2.75. The van der Waals surface area contributed by atoms with Crippen molar-refractivity contribution in [2.75, 3.05) is 10.7 Å². The predicted molar refractivity (Wildman–Crippen MR) is 113 cm³/mol. The standard InChI is InChI=1S/C20H33N3O5S/c1-14(2)12-15(13-17(21)19(25)28-20(3,4)5)18(24)22-23(29(6,26)27)16-10-8-7-9-11-16/h7-11,14-15,17H,12-13,21H2,1-6H3,(H,22,24)/t15-,17-/m1/s1. The number of ether oxygens (including phenoxy) is 1. The summed E-state index contributed by atoms with van der Waals surface area (Å²) in [5, 5.41) is 0. The van der Waals surface area contributed by atoms with Crippen molar-refractivity contribution in [1.82, 2.24) is 5.43 Å². The molecule has 0 saturated carbocycles. The van der Waals surface area contributed by atoms with Crippen LogP contribution in [0.15, 0.2) is 30.3 Å². The second kappa shape index (κ2) is 10.1. The van der Waals surface area contributed by atoms with Crippen molar-refractivity contribution >= 4 is 27.6 Å². The number of nitrogens with one attached hydrogen (secondary N) is 1. The van der Waals surface area contributed by atoms with E-state index in [1.165, 1.54) is 0 Å². The molecule has 0 spiro atoms. The number of hydrazine groups is 1. The zero-order valence-electron chi connectivity index (χ0n) is 18.0. The summed E-state index contributed by atoms with van der Waals surface area (Å²) in [5.74, 6) is -1.64. The van der Waals surface area contributed by atoms with Crippen LogP contribution in [0.1, 0.15) is 47.5 Å². The third-order valence-corrected chi connectivity index (χ3v) is 4.87. The van der Waals surface area contributed by atoms with Crippen LogP contribution in [0.25, 0.3) is 0 Å². The molecule has 9 heteroatoms. The number of benzene rings is 1. The maximum atomic E-state index is 12.9. The van der Waals surface area contributed by atoms with Crippen molar-refractivity contribution in [2.24, 2.45) is 17.6 Å². The maximum Gasteiger partial charge on any atom is 0.323 e. The molecule has 1 rings (SSSR count).